The van der Waals surface area contributed by atoms with Crippen molar-refractivity contribution in [3.63, 3.8) is 0 Å². The van der Waals surface area contributed by atoms with Crippen LogP contribution in [0.4, 0.5) is 4.39 Å². The first-order valence-corrected chi connectivity index (χ1v) is 9.22. The lowest BCUT2D eigenvalue weighted by molar-refractivity contribution is -0.121. The van der Waals surface area contributed by atoms with Gasteiger partial charge in [0.15, 0.2) is 0 Å². The molecule has 1 aromatic rings. The third-order valence-electron chi connectivity index (χ3n) is 4.12. The van der Waals surface area contributed by atoms with Gasteiger partial charge < -0.3 is 0 Å². The van der Waals surface area contributed by atoms with Gasteiger partial charge in [-0.05, 0) is 31.0 Å². The molecule has 0 spiro atoms. The summed E-state index contributed by atoms with van der Waals surface area (Å²) >= 11 is 0. The van der Waals surface area contributed by atoms with Gasteiger partial charge in [0.1, 0.15) is 5.82 Å². The highest BCUT2D eigenvalue weighted by atomic mass is 19.1. The number of nitrogens with zero attached hydrogens (tertiary/aromatic N) is 1. The highest BCUT2D eigenvalue weighted by molar-refractivity contribution is 5.99. The number of carbonyl (C=O) groups is 1. The van der Waals surface area contributed by atoms with Crippen molar-refractivity contribution in [1.82, 2.24) is 5.43 Å². The van der Waals surface area contributed by atoms with E-state index in [9.17, 15) is 9.18 Å². The van der Waals surface area contributed by atoms with E-state index in [1.165, 1.54) is 57.1 Å². The second-order valence-corrected chi connectivity index (χ2v) is 6.32. The second-order valence-electron chi connectivity index (χ2n) is 6.32. The van der Waals surface area contributed by atoms with Gasteiger partial charge in [-0.25, -0.2) is 9.82 Å². The lowest BCUT2D eigenvalue weighted by atomic mass is 10.1. The topological polar surface area (TPSA) is 41.5 Å². The summed E-state index contributed by atoms with van der Waals surface area (Å²) < 4.78 is 12.9. The minimum atomic E-state index is -0.277. The molecule has 0 unspecified atom stereocenters. The molecule has 0 bridgehead atoms. The maximum absolute atomic E-state index is 12.9. The Kier molecular flexibility index (Phi) is 10.7. The molecule has 0 saturated heterocycles. The SMILES string of the molecule is CCCCCCCCCCCC(=O)NN=C(C)c1ccc(F)cc1. The van der Waals surface area contributed by atoms with Gasteiger partial charge in [-0.2, -0.15) is 5.10 Å². The molecule has 3 nitrogen and oxygen atoms in total. The van der Waals surface area contributed by atoms with E-state index in [2.05, 4.69) is 17.5 Å². The smallest absolute Gasteiger partial charge is 0.240 e. The molecule has 0 fully saturated rings. The molecule has 134 valence electrons. The van der Waals surface area contributed by atoms with Gasteiger partial charge in [0.05, 0.1) is 5.71 Å². The number of carbonyl (C=O) groups excluding carboxylic acids is 1. The summed E-state index contributed by atoms with van der Waals surface area (Å²) in [6.07, 6.45) is 11.6. The third-order valence-corrected chi connectivity index (χ3v) is 4.12. The summed E-state index contributed by atoms with van der Waals surface area (Å²) in [6.45, 7) is 4.03. The van der Waals surface area contributed by atoms with Gasteiger partial charge in [-0.15, -0.1) is 0 Å². The zero-order valence-electron chi connectivity index (χ0n) is 15.1. The molecule has 0 aliphatic carbocycles. The Morgan fingerprint density at radius 2 is 1.50 bits per heavy atom. The molecule has 0 aliphatic heterocycles. The number of hydrogen-bond donors (Lipinski definition) is 1. The van der Waals surface area contributed by atoms with Crippen LogP contribution < -0.4 is 5.43 Å². The van der Waals surface area contributed by atoms with Crippen LogP contribution in [0.5, 0.6) is 0 Å². The van der Waals surface area contributed by atoms with E-state index in [1.54, 1.807) is 19.1 Å². The van der Waals surface area contributed by atoms with Crippen LogP contribution in [0.3, 0.4) is 0 Å². The number of amides is 1. The van der Waals surface area contributed by atoms with Crippen LogP contribution in [0, 0.1) is 5.82 Å². The van der Waals surface area contributed by atoms with Crippen molar-refractivity contribution < 1.29 is 9.18 Å². The van der Waals surface area contributed by atoms with Crippen molar-refractivity contribution in [1.29, 1.82) is 0 Å². The summed E-state index contributed by atoms with van der Waals surface area (Å²) in [6, 6.07) is 6.08. The van der Waals surface area contributed by atoms with Crippen LogP contribution in [0.1, 0.15) is 83.6 Å². The first-order chi connectivity index (χ1) is 11.6. The van der Waals surface area contributed by atoms with Crippen LogP contribution >= 0.6 is 0 Å². The Bertz CT molecular complexity index is 497. The van der Waals surface area contributed by atoms with E-state index in [-0.39, 0.29) is 11.7 Å². The summed E-state index contributed by atoms with van der Waals surface area (Å²) in [5, 5.41) is 4.08. The van der Waals surface area contributed by atoms with Crippen LogP contribution in [-0.4, -0.2) is 11.6 Å². The number of hydrazone groups is 1. The van der Waals surface area contributed by atoms with Crippen LogP contribution in [-0.2, 0) is 4.79 Å². The van der Waals surface area contributed by atoms with E-state index in [0.717, 1.165) is 18.4 Å². The van der Waals surface area contributed by atoms with Gasteiger partial charge in [0.2, 0.25) is 5.91 Å². The molecule has 4 heteroatoms. The predicted molar refractivity (Wildman–Crippen MR) is 98.6 cm³/mol. The lowest BCUT2D eigenvalue weighted by Gasteiger charge is -2.04. The largest absolute Gasteiger partial charge is 0.273 e. The molecule has 0 saturated carbocycles. The maximum Gasteiger partial charge on any atom is 0.240 e. The fourth-order valence-corrected chi connectivity index (χ4v) is 2.55. The molecule has 0 aromatic heterocycles. The zero-order chi connectivity index (χ0) is 17.6. The standard InChI is InChI=1S/C20H31FN2O/c1-3-4-5-6-7-8-9-10-11-12-20(24)23-22-17(2)18-13-15-19(21)16-14-18/h13-16H,3-12H2,1-2H3,(H,23,24). The Hall–Kier alpha value is -1.71. The average molecular weight is 334 g/mol. The Morgan fingerprint density at radius 3 is 2.08 bits per heavy atom. The number of hydrogen-bond acceptors (Lipinski definition) is 2. The van der Waals surface area contributed by atoms with Crippen LogP contribution in [0.2, 0.25) is 0 Å². The van der Waals surface area contributed by atoms with Crippen LogP contribution in [0.15, 0.2) is 29.4 Å². The van der Waals surface area contributed by atoms with Gasteiger partial charge in [0, 0.05) is 6.42 Å². The number of nitrogens with one attached hydrogen (secondary N) is 1. The van der Waals surface area contributed by atoms with Gasteiger partial charge in [0.25, 0.3) is 0 Å². The van der Waals surface area contributed by atoms with Crippen molar-refractivity contribution in [3.05, 3.63) is 35.6 Å². The van der Waals surface area contributed by atoms with Crippen molar-refractivity contribution >= 4 is 11.6 Å². The monoisotopic (exact) mass is 334 g/mol. The first kappa shape index (κ1) is 20.3. The summed E-state index contributed by atoms with van der Waals surface area (Å²) in [5.41, 5.74) is 4.06. The molecule has 1 aromatic carbocycles. The number of unbranched alkanes of at least 4 members (excludes halogenated alkanes) is 8. The van der Waals surface area contributed by atoms with Gasteiger partial charge >= 0.3 is 0 Å². The number of benzene rings is 1. The Labute approximate surface area is 145 Å². The number of rotatable bonds is 12. The van der Waals surface area contributed by atoms with E-state index < -0.39 is 0 Å². The fourth-order valence-electron chi connectivity index (χ4n) is 2.55. The van der Waals surface area contributed by atoms with Crippen molar-refractivity contribution in [2.24, 2.45) is 5.10 Å². The zero-order valence-corrected chi connectivity index (χ0v) is 15.1. The molecule has 1 rings (SSSR count). The molecule has 1 N–H and O–H groups in total. The lowest BCUT2D eigenvalue weighted by Crippen LogP contribution is -2.18. The summed E-state index contributed by atoms with van der Waals surface area (Å²) in [4.78, 5) is 11.8. The van der Waals surface area contributed by atoms with Crippen LogP contribution in [0.25, 0.3) is 0 Å². The Morgan fingerprint density at radius 1 is 0.958 bits per heavy atom. The minimum absolute atomic E-state index is 0.0561. The maximum atomic E-state index is 12.9. The van der Waals surface area contributed by atoms with E-state index in [1.807, 2.05) is 0 Å². The highest BCUT2D eigenvalue weighted by Gasteiger charge is 2.02. The van der Waals surface area contributed by atoms with Crippen molar-refractivity contribution in [2.75, 3.05) is 0 Å². The summed E-state index contributed by atoms with van der Waals surface area (Å²) in [5.74, 6) is -0.333. The van der Waals surface area contributed by atoms with Gasteiger partial charge in [-0.1, -0.05) is 70.4 Å². The van der Waals surface area contributed by atoms with Crippen molar-refractivity contribution in [2.45, 2.75) is 78.1 Å². The molecule has 1 amide bonds. The Balaban J connectivity index is 2.09. The average Bonchev–Trinajstić information content (AvgIpc) is 2.59. The predicted octanol–water partition coefficient (Wildman–Crippen LogP) is 5.59. The molecular weight excluding hydrogens is 303 g/mol. The van der Waals surface area contributed by atoms with Gasteiger partial charge in [-0.3, -0.25) is 4.79 Å². The summed E-state index contributed by atoms with van der Waals surface area (Å²) in [7, 11) is 0. The quantitative estimate of drug-likeness (QED) is 0.302. The molecular formula is C20H31FN2O. The fraction of sp³-hybridized carbons (Fsp3) is 0.600. The molecule has 0 heterocycles. The van der Waals surface area contributed by atoms with Crippen molar-refractivity contribution in [3.8, 4) is 0 Å². The normalized spacial score (nSPS) is 11.5. The molecule has 0 atom stereocenters. The molecule has 24 heavy (non-hydrogen) atoms. The highest BCUT2D eigenvalue weighted by Crippen LogP contribution is 2.10. The minimum Gasteiger partial charge on any atom is -0.273 e. The molecule has 0 aliphatic rings. The third kappa shape index (κ3) is 9.43. The van der Waals surface area contributed by atoms with E-state index >= 15 is 0 Å². The van der Waals surface area contributed by atoms with E-state index in [0.29, 0.717) is 12.1 Å². The number of halogens is 1. The second kappa shape index (κ2) is 12.7. The van der Waals surface area contributed by atoms with E-state index in [4.69, 9.17) is 0 Å². The molecule has 0 radical (unpaired) electrons. The first-order valence-electron chi connectivity index (χ1n) is 9.22.